The van der Waals surface area contributed by atoms with Crippen molar-refractivity contribution >= 4 is 23.3 Å². The van der Waals surface area contributed by atoms with Gasteiger partial charge >= 0.3 is 0 Å². The monoisotopic (exact) mass is 332 g/mol. The number of ether oxygens (including phenoxy) is 1. The van der Waals surface area contributed by atoms with Crippen LogP contribution in [0.15, 0.2) is 18.2 Å². The van der Waals surface area contributed by atoms with Crippen LogP contribution in [0.25, 0.3) is 0 Å². The van der Waals surface area contributed by atoms with Crippen molar-refractivity contribution in [2.75, 3.05) is 25.0 Å². The number of benzene rings is 1. The summed E-state index contributed by atoms with van der Waals surface area (Å²) in [6.07, 6.45) is 1.26. The minimum Gasteiger partial charge on any atom is -0.479 e. The first-order valence-electron chi connectivity index (χ1n) is 8.22. The first kappa shape index (κ1) is 18.0. The third-order valence-corrected chi connectivity index (χ3v) is 4.14. The topological polar surface area (TPSA) is 66.9 Å². The number of carbonyl (C=O) groups is 3. The standard InChI is InChI=1S/C18H24N2O4/c1-5-6-9-19(4)17(22)11-20-15-10-14(12(2)21)7-8-16(15)24-13(3)18(20)23/h7-8,10,13H,5-6,9,11H2,1-4H3. The molecule has 1 aliphatic rings. The quantitative estimate of drug-likeness (QED) is 0.750. The van der Waals surface area contributed by atoms with Crippen LogP contribution in [0.5, 0.6) is 5.75 Å². The van der Waals surface area contributed by atoms with E-state index < -0.39 is 6.10 Å². The summed E-state index contributed by atoms with van der Waals surface area (Å²) in [4.78, 5) is 39.6. The van der Waals surface area contributed by atoms with E-state index in [0.29, 0.717) is 23.5 Å². The number of fused-ring (bicyclic) bond motifs is 1. The normalized spacial score (nSPS) is 16.4. The molecule has 0 aliphatic carbocycles. The van der Waals surface area contributed by atoms with Crippen molar-refractivity contribution in [3.63, 3.8) is 0 Å². The molecule has 1 aromatic carbocycles. The van der Waals surface area contributed by atoms with Gasteiger partial charge < -0.3 is 9.64 Å². The summed E-state index contributed by atoms with van der Waals surface area (Å²) in [5.41, 5.74) is 0.958. The van der Waals surface area contributed by atoms with E-state index in [-0.39, 0.29) is 24.1 Å². The van der Waals surface area contributed by atoms with Crippen LogP contribution in [-0.4, -0.2) is 48.7 Å². The molecule has 0 spiro atoms. The Hall–Kier alpha value is -2.37. The third-order valence-electron chi connectivity index (χ3n) is 4.14. The van der Waals surface area contributed by atoms with E-state index in [1.165, 1.54) is 11.8 Å². The van der Waals surface area contributed by atoms with Gasteiger partial charge in [-0.3, -0.25) is 19.3 Å². The SMILES string of the molecule is CCCCN(C)C(=O)CN1C(=O)C(C)Oc2ccc(C(C)=O)cc21. The van der Waals surface area contributed by atoms with E-state index in [2.05, 4.69) is 6.92 Å². The highest BCUT2D eigenvalue weighted by atomic mass is 16.5. The van der Waals surface area contributed by atoms with Gasteiger partial charge in [0.15, 0.2) is 11.9 Å². The largest absolute Gasteiger partial charge is 0.479 e. The molecule has 0 saturated carbocycles. The van der Waals surface area contributed by atoms with Gasteiger partial charge in [0.2, 0.25) is 5.91 Å². The number of hydrogen-bond acceptors (Lipinski definition) is 4. The van der Waals surface area contributed by atoms with Gasteiger partial charge in [0, 0.05) is 19.2 Å². The third kappa shape index (κ3) is 3.75. The second-order valence-electron chi connectivity index (χ2n) is 6.09. The molecule has 1 heterocycles. The summed E-state index contributed by atoms with van der Waals surface area (Å²) >= 11 is 0. The first-order chi connectivity index (χ1) is 11.3. The summed E-state index contributed by atoms with van der Waals surface area (Å²) in [5, 5.41) is 0. The molecular formula is C18H24N2O4. The number of anilines is 1. The number of Topliss-reactive ketones (excluding diaryl/α,β-unsaturated/α-hetero) is 1. The molecule has 0 fully saturated rings. The van der Waals surface area contributed by atoms with Crippen molar-refractivity contribution in [2.45, 2.75) is 39.7 Å². The number of rotatable bonds is 6. The Morgan fingerprint density at radius 2 is 2.04 bits per heavy atom. The average Bonchev–Trinajstić information content (AvgIpc) is 2.56. The molecule has 0 bridgehead atoms. The highest BCUT2D eigenvalue weighted by Crippen LogP contribution is 2.35. The van der Waals surface area contributed by atoms with Crippen LogP contribution < -0.4 is 9.64 Å². The molecule has 2 rings (SSSR count). The first-order valence-corrected chi connectivity index (χ1v) is 8.22. The molecule has 1 atom stereocenters. The van der Waals surface area contributed by atoms with Gasteiger partial charge in [-0.1, -0.05) is 13.3 Å². The van der Waals surface area contributed by atoms with E-state index in [4.69, 9.17) is 4.74 Å². The zero-order valence-electron chi connectivity index (χ0n) is 14.7. The van der Waals surface area contributed by atoms with E-state index >= 15 is 0 Å². The zero-order chi connectivity index (χ0) is 17.9. The Morgan fingerprint density at radius 3 is 2.67 bits per heavy atom. The number of likely N-dealkylation sites (N-methyl/N-ethyl adjacent to an activating group) is 1. The molecule has 1 aliphatic heterocycles. The van der Waals surface area contributed by atoms with Gasteiger partial charge in [0.1, 0.15) is 12.3 Å². The Balaban J connectivity index is 2.28. The van der Waals surface area contributed by atoms with E-state index in [0.717, 1.165) is 12.8 Å². The Bertz CT molecular complexity index is 656. The summed E-state index contributed by atoms with van der Waals surface area (Å²) in [7, 11) is 1.74. The average molecular weight is 332 g/mol. The minimum atomic E-state index is -0.658. The number of ketones is 1. The summed E-state index contributed by atoms with van der Waals surface area (Å²) in [5.74, 6) is -0.00292. The van der Waals surface area contributed by atoms with Gasteiger partial charge in [0.25, 0.3) is 5.91 Å². The predicted molar refractivity (Wildman–Crippen MR) is 91.4 cm³/mol. The van der Waals surface area contributed by atoms with Crippen LogP contribution in [0.4, 0.5) is 5.69 Å². The van der Waals surface area contributed by atoms with Crippen molar-refractivity contribution in [2.24, 2.45) is 0 Å². The van der Waals surface area contributed by atoms with Gasteiger partial charge in [-0.2, -0.15) is 0 Å². The molecular weight excluding hydrogens is 308 g/mol. The molecule has 0 N–H and O–H groups in total. The number of hydrogen-bond donors (Lipinski definition) is 0. The second kappa shape index (κ2) is 7.47. The fraction of sp³-hybridized carbons (Fsp3) is 0.500. The lowest BCUT2D eigenvalue weighted by molar-refractivity contribution is -0.132. The maximum Gasteiger partial charge on any atom is 0.268 e. The van der Waals surface area contributed by atoms with Crippen molar-refractivity contribution < 1.29 is 19.1 Å². The molecule has 0 saturated heterocycles. The highest BCUT2D eigenvalue weighted by Gasteiger charge is 2.33. The van der Waals surface area contributed by atoms with Crippen LogP contribution in [-0.2, 0) is 9.59 Å². The molecule has 24 heavy (non-hydrogen) atoms. The Morgan fingerprint density at radius 1 is 1.33 bits per heavy atom. The van der Waals surface area contributed by atoms with Crippen molar-refractivity contribution in [3.05, 3.63) is 23.8 Å². The predicted octanol–water partition coefficient (Wildman–Crippen LogP) is 2.26. The summed E-state index contributed by atoms with van der Waals surface area (Å²) in [6, 6.07) is 4.95. The van der Waals surface area contributed by atoms with Crippen molar-refractivity contribution in [1.82, 2.24) is 4.90 Å². The molecule has 130 valence electrons. The number of unbranched alkanes of at least 4 members (excludes halogenated alkanes) is 1. The van der Waals surface area contributed by atoms with E-state index in [1.54, 1.807) is 37.1 Å². The fourth-order valence-electron chi connectivity index (χ4n) is 2.57. The Kier molecular flexibility index (Phi) is 5.59. The molecule has 2 amide bonds. The lowest BCUT2D eigenvalue weighted by Gasteiger charge is -2.33. The maximum absolute atomic E-state index is 12.5. The van der Waals surface area contributed by atoms with Crippen LogP contribution in [0.1, 0.15) is 44.0 Å². The minimum absolute atomic E-state index is 0.0545. The van der Waals surface area contributed by atoms with Gasteiger partial charge in [-0.15, -0.1) is 0 Å². The smallest absolute Gasteiger partial charge is 0.268 e. The van der Waals surface area contributed by atoms with Gasteiger partial charge in [-0.05, 0) is 38.5 Å². The molecule has 0 aromatic heterocycles. The second-order valence-corrected chi connectivity index (χ2v) is 6.09. The van der Waals surface area contributed by atoms with Gasteiger partial charge in [0.05, 0.1) is 5.69 Å². The van der Waals surface area contributed by atoms with Crippen LogP contribution in [0.3, 0.4) is 0 Å². The van der Waals surface area contributed by atoms with Gasteiger partial charge in [-0.25, -0.2) is 0 Å². The number of carbonyl (C=O) groups excluding carboxylic acids is 3. The molecule has 1 unspecified atom stereocenters. The number of nitrogens with zero attached hydrogens (tertiary/aromatic N) is 2. The number of amides is 2. The highest BCUT2D eigenvalue weighted by molar-refractivity contribution is 6.05. The van der Waals surface area contributed by atoms with E-state index in [1.807, 2.05) is 0 Å². The van der Waals surface area contributed by atoms with E-state index in [9.17, 15) is 14.4 Å². The van der Waals surface area contributed by atoms with Crippen LogP contribution in [0.2, 0.25) is 0 Å². The van der Waals surface area contributed by atoms with Crippen molar-refractivity contribution in [3.8, 4) is 5.75 Å². The fourth-order valence-corrected chi connectivity index (χ4v) is 2.57. The van der Waals surface area contributed by atoms with Crippen LogP contribution in [0, 0.1) is 0 Å². The Labute approximate surface area is 142 Å². The lowest BCUT2D eigenvalue weighted by atomic mass is 10.1. The molecule has 1 aromatic rings. The van der Waals surface area contributed by atoms with Crippen molar-refractivity contribution in [1.29, 1.82) is 0 Å². The zero-order valence-corrected chi connectivity index (χ0v) is 14.7. The van der Waals surface area contributed by atoms with Crippen LogP contribution >= 0.6 is 0 Å². The molecule has 0 radical (unpaired) electrons. The lowest BCUT2D eigenvalue weighted by Crippen LogP contribution is -2.49. The molecule has 6 heteroatoms. The maximum atomic E-state index is 12.5. The summed E-state index contributed by atoms with van der Waals surface area (Å²) in [6.45, 7) is 5.78. The summed E-state index contributed by atoms with van der Waals surface area (Å²) < 4.78 is 5.59. The molecule has 6 nitrogen and oxygen atoms in total.